The lowest BCUT2D eigenvalue weighted by atomic mass is 10.0. The molecule has 2 N–H and O–H groups in total. The molecular formula is C16H21ClFN3. The summed E-state index contributed by atoms with van der Waals surface area (Å²) in [6.07, 6.45) is 5.31. The molecule has 21 heavy (non-hydrogen) atoms. The number of hydrogen-bond acceptors (Lipinski definition) is 2. The first-order valence-corrected chi connectivity index (χ1v) is 7.69. The van der Waals surface area contributed by atoms with Gasteiger partial charge in [-0.15, -0.1) is 0 Å². The van der Waals surface area contributed by atoms with E-state index in [1.54, 1.807) is 23.9 Å². The van der Waals surface area contributed by atoms with Crippen molar-refractivity contribution in [2.24, 2.45) is 7.05 Å². The monoisotopic (exact) mass is 309 g/mol. The first-order valence-electron chi connectivity index (χ1n) is 7.32. The summed E-state index contributed by atoms with van der Waals surface area (Å²) in [4.78, 5) is 0. The number of aryl methyl sites for hydroxylation is 2. The van der Waals surface area contributed by atoms with Gasteiger partial charge in [-0.2, -0.15) is 5.10 Å². The van der Waals surface area contributed by atoms with E-state index < -0.39 is 0 Å². The number of nitrogen functional groups attached to an aromatic ring is 1. The summed E-state index contributed by atoms with van der Waals surface area (Å²) in [5, 5.41) is 4.80. The zero-order valence-corrected chi connectivity index (χ0v) is 13.3. The number of unbranched alkanes of at least 4 members (excludes halogenated alkanes) is 3. The maximum atomic E-state index is 14.2. The van der Waals surface area contributed by atoms with Crippen LogP contribution in [0, 0.1) is 5.82 Å². The lowest BCUT2D eigenvalue weighted by molar-refractivity contribution is 0.630. The molecular weight excluding hydrogens is 289 g/mol. The summed E-state index contributed by atoms with van der Waals surface area (Å²) in [6, 6.07) is 4.66. The summed E-state index contributed by atoms with van der Waals surface area (Å²) in [5.41, 5.74) is 7.89. The lowest BCUT2D eigenvalue weighted by Gasteiger charge is -2.08. The number of nitrogens with two attached hydrogens (primary N) is 1. The Morgan fingerprint density at radius 2 is 2.00 bits per heavy atom. The zero-order chi connectivity index (χ0) is 15.4. The second-order valence-electron chi connectivity index (χ2n) is 5.24. The highest BCUT2D eigenvalue weighted by atomic mass is 35.5. The fraction of sp³-hybridized carbons (Fsp3) is 0.438. The van der Waals surface area contributed by atoms with Crippen LogP contribution in [-0.4, -0.2) is 9.78 Å². The van der Waals surface area contributed by atoms with Gasteiger partial charge in [0.05, 0.1) is 16.3 Å². The lowest BCUT2D eigenvalue weighted by Crippen LogP contribution is -1.98. The SMILES string of the molecule is CCCCCCc1nn(C)c(N)c1-c1c(F)cccc1Cl. The molecule has 0 aliphatic heterocycles. The smallest absolute Gasteiger partial charge is 0.132 e. The maximum Gasteiger partial charge on any atom is 0.132 e. The van der Waals surface area contributed by atoms with Crippen LogP contribution in [0.15, 0.2) is 18.2 Å². The largest absolute Gasteiger partial charge is 0.383 e. The normalized spacial score (nSPS) is 11.0. The fourth-order valence-corrected chi connectivity index (χ4v) is 2.76. The maximum absolute atomic E-state index is 14.2. The van der Waals surface area contributed by atoms with E-state index in [0.717, 1.165) is 25.0 Å². The first-order chi connectivity index (χ1) is 10.1. The van der Waals surface area contributed by atoms with Gasteiger partial charge in [0.2, 0.25) is 0 Å². The minimum absolute atomic E-state index is 0.357. The molecule has 0 spiro atoms. The molecule has 5 heteroatoms. The van der Waals surface area contributed by atoms with Crippen LogP contribution in [0.25, 0.3) is 11.1 Å². The van der Waals surface area contributed by atoms with E-state index in [-0.39, 0.29) is 5.82 Å². The van der Waals surface area contributed by atoms with E-state index in [0.29, 0.717) is 22.0 Å². The van der Waals surface area contributed by atoms with Gasteiger partial charge in [0.25, 0.3) is 0 Å². The molecule has 0 bridgehead atoms. The van der Waals surface area contributed by atoms with E-state index >= 15 is 0 Å². The number of anilines is 1. The van der Waals surface area contributed by atoms with Gasteiger partial charge in [0, 0.05) is 12.6 Å². The molecule has 1 aromatic heterocycles. The van der Waals surface area contributed by atoms with Gasteiger partial charge in [0.1, 0.15) is 11.6 Å². The second-order valence-corrected chi connectivity index (χ2v) is 5.65. The topological polar surface area (TPSA) is 43.8 Å². The molecule has 0 saturated heterocycles. The summed E-state index contributed by atoms with van der Waals surface area (Å²) >= 11 is 6.17. The molecule has 2 rings (SSSR count). The van der Waals surface area contributed by atoms with Gasteiger partial charge in [-0.05, 0) is 25.0 Å². The zero-order valence-electron chi connectivity index (χ0n) is 12.5. The molecule has 1 heterocycles. The highest BCUT2D eigenvalue weighted by Crippen LogP contribution is 2.37. The Hall–Kier alpha value is -1.55. The van der Waals surface area contributed by atoms with Crippen LogP contribution in [0.2, 0.25) is 5.02 Å². The summed E-state index contributed by atoms with van der Waals surface area (Å²) < 4.78 is 15.8. The average molecular weight is 310 g/mol. The molecule has 0 fully saturated rings. The van der Waals surface area contributed by atoms with E-state index in [1.807, 2.05) is 0 Å². The van der Waals surface area contributed by atoms with Crippen molar-refractivity contribution >= 4 is 17.4 Å². The fourth-order valence-electron chi connectivity index (χ4n) is 2.50. The quantitative estimate of drug-likeness (QED) is 0.793. The van der Waals surface area contributed by atoms with Gasteiger partial charge >= 0.3 is 0 Å². The molecule has 0 unspecified atom stereocenters. The van der Waals surface area contributed by atoms with Crippen molar-refractivity contribution in [2.45, 2.75) is 39.0 Å². The molecule has 3 nitrogen and oxygen atoms in total. The van der Waals surface area contributed by atoms with Crippen LogP contribution in [-0.2, 0) is 13.5 Å². The van der Waals surface area contributed by atoms with E-state index in [4.69, 9.17) is 17.3 Å². The van der Waals surface area contributed by atoms with Crippen molar-refractivity contribution in [3.8, 4) is 11.1 Å². The third-order valence-corrected chi connectivity index (χ3v) is 3.96. The molecule has 0 radical (unpaired) electrons. The number of benzene rings is 1. The molecule has 0 atom stereocenters. The Morgan fingerprint density at radius 1 is 1.24 bits per heavy atom. The van der Waals surface area contributed by atoms with E-state index in [9.17, 15) is 4.39 Å². The predicted molar refractivity (Wildman–Crippen MR) is 85.9 cm³/mol. The van der Waals surface area contributed by atoms with Crippen LogP contribution in [0.5, 0.6) is 0 Å². The second kappa shape index (κ2) is 6.94. The van der Waals surface area contributed by atoms with Gasteiger partial charge < -0.3 is 5.73 Å². The van der Waals surface area contributed by atoms with Crippen molar-refractivity contribution < 1.29 is 4.39 Å². The average Bonchev–Trinajstić information content (AvgIpc) is 2.71. The van der Waals surface area contributed by atoms with Gasteiger partial charge in [-0.1, -0.05) is 43.9 Å². The van der Waals surface area contributed by atoms with Crippen molar-refractivity contribution in [2.75, 3.05) is 5.73 Å². The van der Waals surface area contributed by atoms with E-state index in [2.05, 4.69) is 12.0 Å². The Kier molecular flexibility index (Phi) is 5.23. The number of aromatic nitrogens is 2. The third kappa shape index (κ3) is 3.38. The molecule has 1 aromatic carbocycles. The number of rotatable bonds is 6. The van der Waals surface area contributed by atoms with Crippen LogP contribution >= 0.6 is 11.6 Å². The number of halogens is 2. The highest BCUT2D eigenvalue weighted by Gasteiger charge is 2.20. The summed E-state index contributed by atoms with van der Waals surface area (Å²) in [6.45, 7) is 2.17. The van der Waals surface area contributed by atoms with E-state index in [1.165, 1.54) is 18.9 Å². The molecule has 2 aromatic rings. The Balaban J connectivity index is 2.38. The third-order valence-electron chi connectivity index (χ3n) is 3.64. The minimum Gasteiger partial charge on any atom is -0.383 e. The van der Waals surface area contributed by atoms with Crippen LogP contribution in [0.4, 0.5) is 10.2 Å². The molecule has 0 aliphatic rings. The molecule has 0 saturated carbocycles. The Bertz CT molecular complexity index is 602. The first kappa shape index (κ1) is 15.8. The Morgan fingerprint density at radius 3 is 2.67 bits per heavy atom. The molecule has 0 amide bonds. The summed E-state index contributed by atoms with van der Waals surface area (Å²) in [7, 11) is 1.77. The van der Waals surface area contributed by atoms with Gasteiger partial charge in [0.15, 0.2) is 0 Å². The Labute approximate surface area is 129 Å². The van der Waals surface area contributed by atoms with Gasteiger partial charge in [-0.25, -0.2) is 4.39 Å². The van der Waals surface area contributed by atoms with Crippen LogP contribution in [0.3, 0.4) is 0 Å². The minimum atomic E-state index is -0.364. The van der Waals surface area contributed by atoms with Crippen LogP contribution in [0.1, 0.15) is 38.3 Å². The standard InChI is InChI=1S/C16H21ClFN3/c1-3-4-5-6-10-13-15(16(19)21(2)20-13)14-11(17)8-7-9-12(14)18/h7-9H,3-6,10,19H2,1-2H3. The molecule has 0 aliphatic carbocycles. The van der Waals surface area contributed by atoms with Crippen molar-refractivity contribution in [1.82, 2.24) is 9.78 Å². The van der Waals surface area contributed by atoms with Crippen molar-refractivity contribution in [1.29, 1.82) is 0 Å². The highest BCUT2D eigenvalue weighted by molar-refractivity contribution is 6.33. The van der Waals surface area contributed by atoms with Crippen LogP contribution < -0.4 is 5.73 Å². The summed E-state index contributed by atoms with van der Waals surface area (Å²) in [5.74, 6) is 0.0875. The predicted octanol–water partition coefficient (Wildman–Crippen LogP) is 4.58. The number of nitrogens with zero attached hydrogens (tertiary/aromatic N) is 2. The van der Waals surface area contributed by atoms with Crippen molar-refractivity contribution in [3.63, 3.8) is 0 Å². The van der Waals surface area contributed by atoms with Crippen molar-refractivity contribution in [3.05, 3.63) is 34.7 Å². The molecule has 114 valence electrons. The van der Waals surface area contributed by atoms with Gasteiger partial charge in [-0.3, -0.25) is 4.68 Å². The number of hydrogen-bond donors (Lipinski definition) is 1.